The summed E-state index contributed by atoms with van der Waals surface area (Å²) in [4.78, 5) is 0. The van der Waals surface area contributed by atoms with Gasteiger partial charge in [0.1, 0.15) is 0 Å². The van der Waals surface area contributed by atoms with Crippen molar-refractivity contribution in [3.05, 3.63) is 34.9 Å². The highest BCUT2D eigenvalue weighted by Crippen LogP contribution is 2.16. The van der Waals surface area contributed by atoms with Crippen molar-refractivity contribution in [1.29, 1.82) is 0 Å². The average Bonchev–Trinajstić information content (AvgIpc) is 2.16. The van der Waals surface area contributed by atoms with Crippen molar-refractivity contribution in [2.45, 2.75) is 38.8 Å². The van der Waals surface area contributed by atoms with Gasteiger partial charge in [0, 0.05) is 11.1 Å². The first-order chi connectivity index (χ1) is 7.38. The smallest absolute Gasteiger partial charge is 0.0603 e. The van der Waals surface area contributed by atoms with E-state index in [0.29, 0.717) is 0 Å². The number of aliphatic hydroxyl groups is 1. The first-order valence-electron chi connectivity index (χ1n) is 5.60. The standard InChI is InChI=1S/C13H20ClNO/c1-10(15-9-8-13(2,3)16)11-4-6-12(14)7-5-11/h4-7,10,15-16H,8-9H2,1-3H3/t10-/m0/s1. The lowest BCUT2D eigenvalue weighted by Crippen LogP contribution is -2.28. The van der Waals surface area contributed by atoms with Crippen molar-refractivity contribution in [3.8, 4) is 0 Å². The van der Waals surface area contributed by atoms with Crippen molar-refractivity contribution < 1.29 is 5.11 Å². The van der Waals surface area contributed by atoms with Gasteiger partial charge in [-0.25, -0.2) is 0 Å². The summed E-state index contributed by atoms with van der Waals surface area (Å²) in [6.45, 7) is 6.55. The second-order valence-corrected chi connectivity index (χ2v) is 5.23. The van der Waals surface area contributed by atoms with Crippen LogP contribution in [0.2, 0.25) is 5.02 Å². The zero-order chi connectivity index (χ0) is 12.2. The molecule has 90 valence electrons. The summed E-state index contributed by atoms with van der Waals surface area (Å²) >= 11 is 5.83. The summed E-state index contributed by atoms with van der Waals surface area (Å²) in [5.41, 5.74) is 0.604. The average molecular weight is 242 g/mol. The van der Waals surface area contributed by atoms with Crippen molar-refractivity contribution in [1.82, 2.24) is 5.32 Å². The monoisotopic (exact) mass is 241 g/mol. The number of nitrogens with one attached hydrogen (secondary N) is 1. The quantitative estimate of drug-likeness (QED) is 0.830. The van der Waals surface area contributed by atoms with E-state index in [1.165, 1.54) is 5.56 Å². The van der Waals surface area contributed by atoms with Crippen LogP contribution in [-0.4, -0.2) is 17.3 Å². The summed E-state index contributed by atoms with van der Waals surface area (Å²) in [6.07, 6.45) is 0.741. The van der Waals surface area contributed by atoms with Gasteiger partial charge in [-0.1, -0.05) is 23.7 Å². The van der Waals surface area contributed by atoms with Crippen molar-refractivity contribution >= 4 is 11.6 Å². The SMILES string of the molecule is C[C@H](NCCC(C)(C)O)c1ccc(Cl)cc1. The highest BCUT2D eigenvalue weighted by Gasteiger charge is 2.12. The maximum atomic E-state index is 9.58. The maximum absolute atomic E-state index is 9.58. The van der Waals surface area contributed by atoms with Gasteiger partial charge >= 0.3 is 0 Å². The Bertz CT molecular complexity index is 316. The van der Waals surface area contributed by atoms with Crippen molar-refractivity contribution in [2.24, 2.45) is 0 Å². The molecule has 0 aliphatic heterocycles. The molecule has 0 spiro atoms. The molecule has 2 nitrogen and oxygen atoms in total. The summed E-state index contributed by atoms with van der Waals surface area (Å²) in [5, 5.41) is 13.7. The summed E-state index contributed by atoms with van der Waals surface area (Å²) in [7, 11) is 0. The van der Waals surface area contributed by atoms with Crippen LogP contribution in [0.1, 0.15) is 38.8 Å². The van der Waals surface area contributed by atoms with Crippen LogP contribution in [0.5, 0.6) is 0 Å². The van der Waals surface area contributed by atoms with E-state index in [-0.39, 0.29) is 6.04 Å². The number of benzene rings is 1. The van der Waals surface area contributed by atoms with Crippen molar-refractivity contribution in [2.75, 3.05) is 6.54 Å². The van der Waals surface area contributed by atoms with Crippen LogP contribution in [-0.2, 0) is 0 Å². The fraction of sp³-hybridized carbons (Fsp3) is 0.538. The van der Waals surface area contributed by atoms with E-state index in [2.05, 4.69) is 12.2 Å². The molecule has 0 fully saturated rings. The van der Waals surface area contributed by atoms with Crippen LogP contribution >= 0.6 is 11.6 Å². The molecule has 0 aliphatic rings. The van der Waals surface area contributed by atoms with E-state index in [9.17, 15) is 5.11 Å². The van der Waals surface area contributed by atoms with Gasteiger partial charge in [0.2, 0.25) is 0 Å². The minimum atomic E-state index is -0.604. The minimum Gasteiger partial charge on any atom is -0.390 e. The summed E-state index contributed by atoms with van der Waals surface area (Å²) in [5.74, 6) is 0. The first-order valence-corrected chi connectivity index (χ1v) is 5.97. The molecular weight excluding hydrogens is 222 g/mol. The number of rotatable bonds is 5. The molecule has 0 unspecified atom stereocenters. The zero-order valence-corrected chi connectivity index (χ0v) is 10.9. The van der Waals surface area contributed by atoms with E-state index >= 15 is 0 Å². The predicted molar refractivity (Wildman–Crippen MR) is 68.8 cm³/mol. The van der Waals surface area contributed by atoms with Crippen LogP contribution < -0.4 is 5.32 Å². The lowest BCUT2D eigenvalue weighted by molar-refractivity contribution is 0.0705. The Hall–Kier alpha value is -0.570. The zero-order valence-electron chi connectivity index (χ0n) is 10.1. The third-order valence-corrected chi connectivity index (χ3v) is 2.81. The molecule has 1 atom stereocenters. The Morgan fingerprint density at radius 2 is 1.88 bits per heavy atom. The van der Waals surface area contributed by atoms with E-state index in [1.54, 1.807) is 0 Å². The summed E-state index contributed by atoms with van der Waals surface area (Å²) < 4.78 is 0. The Kier molecular flexibility index (Phi) is 4.78. The maximum Gasteiger partial charge on any atom is 0.0603 e. The molecule has 1 aromatic carbocycles. The molecule has 0 amide bonds. The second kappa shape index (κ2) is 5.67. The molecule has 1 rings (SSSR count). The lowest BCUT2D eigenvalue weighted by atomic mass is 10.0. The minimum absolute atomic E-state index is 0.277. The first kappa shape index (κ1) is 13.5. The fourth-order valence-corrected chi connectivity index (χ4v) is 1.59. The molecule has 0 bridgehead atoms. The molecule has 0 aliphatic carbocycles. The molecule has 0 saturated heterocycles. The fourth-order valence-electron chi connectivity index (χ4n) is 1.46. The van der Waals surface area contributed by atoms with Gasteiger partial charge in [0.15, 0.2) is 0 Å². The topological polar surface area (TPSA) is 32.3 Å². The van der Waals surface area contributed by atoms with Crippen molar-refractivity contribution in [3.63, 3.8) is 0 Å². The lowest BCUT2D eigenvalue weighted by Gasteiger charge is -2.20. The van der Waals surface area contributed by atoms with Gasteiger partial charge in [-0.2, -0.15) is 0 Å². The van der Waals surface area contributed by atoms with E-state index in [1.807, 2.05) is 38.1 Å². The number of halogens is 1. The van der Waals surface area contributed by atoms with Crippen LogP contribution in [0.4, 0.5) is 0 Å². The Morgan fingerprint density at radius 3 is 2.38 bits per heavy atom. The molecule has 0 heterocycles. The number of hydrogen-bond acceptors (Lipinski definition) is 2. The number of hydrogen-bond donors (Lipinski definition) is 2. The Labute approximate surface area is 103 Å². The Balaban J connectivity index is 2.41. The molecule has 2 N–H and O–H groups in total. The predicted octanol–water partition coefficient (Wildman–Crippen LogP) is 3.15. The van der Waals surface area contributed by atoms with Crippen LogP contribution in [0.25, 0.3) is 0 Å². The second-order valence-electron chi connectivity index (χ2n) is 4.79. The third kappa shape index (κ3) is 4.97. The van der Waals surface area contributed by atoms with Gasteiger partial charge in [-0.15, -0.1) is 0 Å². The Morgan fingerprint density at radius 1 is 1.31 bits per heavy atom. The van der Waals surface area contributed by atoms with Gasteiger partial charge in [-0.3, -0.25) is 0 Å². The highest BCUT2D eigenvalue weighted by molar-refractivity contribution is 6.30. The third-order valence-electron chi connectivity index (χ3n) is 2.56. The van der Waals surface area contributed by atoms with Gasteiger partial charge in [-0.05, 0) is 51.4 Å². The summed E-state index contributed by atoms with van der Waals surface area (Å²) in [6, 6.07) is 8.10. The van der Waals surface area contributed by atoms with E-state index in [0.717, 1.165) is 18.0 Å². The molecule has 0 saturated carbocycles. The molecule has 0 aromatic heterocycles. The van der Waals surface area contributed by atoms with Gasteiger partial charge in [0.05, 0.1) is 5.60 Å². The molecule has 16 heavy (non-hydrogen) atoms. The van der Waals surface area contributed by atoms with Gasteiger partial charge < -0.3 is 10.4 Å². The van der Waals surface area contributed by atoms with E-state index in [4.69, 9.17) is 11.6 Å². The van der Waals surface area contributed by atoms with Crippen LogP contribution in [0, 0.1) is 0 Å². The molecule has 1 aromatic rings. The normalized spacial score (nSPS) is 13.8. The highest BCUT2D eigenvalue weighted by atomic mass is 35.5. The van der Waals surface area contributed by atoms with Crippen LogP contribution in [0.3, 0.4) is 0 Å². The molecule has 0 radical (unpaired) electrons. The molecular formula is C13H20ClNO. The van der Waals surface area contributed by atoms with Gasteiger partial charge in [0.25, 0.3) is 0 Å². The van der Waals surface area contributed by atoms with E-state index < -0.39 is 5.60 Å². The largest absolute Gasteiger partial charge is 0.390 e. The van der Waals surface area contributed by atoms with Crippen LogP contribution in [0.15, 0.2) is 24.3 Å². The molecule has 3 heteroatoms.